The number of hydrogen-bond donors (Lipinski definition) is 0. The second-order valence-corrected chi connectivity index (χ2v) is 7.70. The lowest BCUT2D eigenvalue weighted by atomic mass is 10.1. The first-order valence-electron chi connectivity index (χ1n) is 9.89. The Morgan fingerprint density at radius 1 is 1.15 bits per heavy atom. The molecular formula is C20H32N4O2. The Hall–Kier alpha value is -1.66. The van der Waals surface area contributed by atoms with Gasteiger partial charge >= 0.3 is 0 Å². The van der Waals surface area contributed by atoms with E-state index in [-0.39, 0.29) is 5.91 Å². The zero-order valence-corrected chi connectivity index (χ0v) is 16.2. The van der Waals surface area contributed by atoms with Crippen LogP contribution in [0.5, 0.6) is 0 Å². The van der Waals surface area contributed by atoms with Crippen molar-refractivity contribution in [3.63, 3.8) is 0 Å². The van der Waals surface area contributed by atoms with Gasteiger partial charge in [0.15, 0.2) is 0 Å². The fourth-order valence-corrected chi connectivity index (χ4v) is 3.69. The summed E-state index contributed by atoms with van der Waals surface area (Å²) in [7, 11) is 0. The molecule has 1 amide bonds. The van der Waals surface area contributed by atoms with E-state index in [1.54, 1.807) is 0 Å². The molecule has 1 aromatic rings. The zero-order valence-electron chi connectivity index (χ0n) is 16.2. The van der Waals surface area contributed by atoms with Crippen molar-refractivity contribution in [2.45, 2.75) is 26.7 Å². The molecule has 2 fully saturated rings. The molecule has 2 aliphatic rings. The van der Waals surface area contributed by atoms with Crippen LogP contribution in [-0.2, 0) is 16.0 Å². The highest BCUT2D eigenvalue weighted by atomic mass is 16.5. The summed E-state index contributed by atoms with van der Waals surface area (Å²) in [6.45, 7) is 12.6. The summed E-state index contributed by atoms with van der Waals surface area (Å²) in [5.41, 5.74) is 1.19. The predicted molar refractivity (Wildman–Crippen MR) is 103 cm³/mol. The van der Waals surface area contributed by atoms with Gasteiger partial charge in [-0.2, -0.15) is 0 Å². The third kappa shape index (κ3) is 5.42. The van der Waals surface area contributed by atoms with Gasteiger partial charge in [0.25, 0.3) is 0 Å². The third-order valence-corrected chi connectivity index (χ3v) is 5.12. The average molecular weight is 361 g/mol. The standard InChI is InChI=1S/C20H32N4O2/c1-17(2)16-22-7-9-24(10-8-22)20(25)4-3-18-5-6-21-19(15-18)23-11-13-26-14-12-23/h5-6,15,17H,3-4,7-14,16H2,1-2H3. The van der Waals surface area contributed by atoms with Crippen molar-refractivity contribution >= 4 is 11.7 Å². The van der Waals surface area contributed by atoms with E-state index in [4.69, 9.17) is 4.74 Å². The number of pyridine rings is 1. The highest BCUT2D eigenvalue weighted by Crippen LogP contribution is 2.16. The molecule has 0 unspecified atom stereocenters. The van der Waals surface area contributed by atoms with Gasteiger partial charge in [-0.05, 0) is 30.0 Å². The molecule has 0 radical (unpaired) electrons. The molecule has 0 N–H and O–H groups in total. The summed E-state index contributed by atoms with van der Waals surface area (Å²) in [6, 6.07) is 4.15. The molecule has 2 aliphatic heterocycles. The maximum atomic E-state index is 12.6. The fraction of sp³-hybridized carbons (Fsp3) is 0.700. The number of anilines is 1. The molecule has 0 spiro atoms. The van der Waals surface area contributed by atoms with Crippen molar-refractivity contribution in [1.82, 2.24) is 14.8 Å². The van der Waals surface area contributed by atoms with Crippen LogP contribution in [0, 0.1) is 5.92 Å². The van der Waals surface area contributed by atoms with Crippen molar-refractivity contribution in [2.75, 3.05) is 63.9 Å². The van der Waals surface area contributed by atoms with Gasteiger partial charge in [-0.15, -0.1) is 0 Å². The predicted octanol–water partition coefficient (Wildman–Crippen LogP) is 1.65. The fourth-order valence-electron chi connectivity index (χ4n) is 3.69. The topological polar surface area (TPSA) is 48.9 Å². The Morgan fingerprint density at radius 2 is 1.88 bits per heavy atom. The van der Waals surface area contributed by atoms with Crippen molar-refractivity contribution in [2.24, 2.45) is 5.92 Å². The van der Waals surface area contributed by atoms with Crippen LogP contribution in [0.2, 0.25) is 0 Å². The van der Waals surface area contributed by atoms with Crippen LogP contribution in [0.1, 0.15) is 25.8 Å². The van der Waals surface area contributed by atoms with E-state index in [1.165, 1.54) is 5.56 Å². The molecule has 0 atom stereocenters. The second-order valence-electron chi connectivity index (χ2n) is 7.70. The SMILES string of the molecule is CC(C)CN1CCN(C(=O)CCc2ccnc(N3CCOCC3)c2)CC1. The Labute approximate surface area is 157 Å². The Bertz CT molecular complexity index is 579. The van der Waals surface area contributed by atoms with Crippen molar-refractivity contribution in [3.8, 4) is 0 Å². The summed E-state index contributed by atoms with van der Waals surface area (Å²) >= 11 is 0. The highest BCUT2D eigenvalue weighted by molar-refractivity contribution is 5.76. The van der Waals surface area contributed by atoms with Crippen LogP contribution in [0.15, 0.2) is 18.3 Å². The minimum atomic E-state index is 0.277. The number of carbonyl (C=O) groups is 1. The molecule has 144 valence electrons. The van der Waals surface area contributed by atoms with Gasteiger partial charge in [0.2, 0.25) is 5.91 Å². The van der Waals surface area contributed by atoms with Gasteiger partial charge in [-0.3, -0.25) is 9.69 Å². The van der Waals surface area contributed by atoms with Crippen LogP contribution >= 0.6 is 0 Å². The molecule has 0 aliphatic carbocycles. The largest absolute Gasteiger partial charge is 0.378 e. The highest BCUT2D eigenvalue weighted by Gasteiger charge is 2.21. The molecule has 0 aromatic carbocycles. The summed E-state index contributed by atoms with van der Waals surface area (Å²) in [5.74, 6) is 1.96. The normalized spacial score (nSPS) is 19.2. The smallest absolute Gasteiger partial charge is 0.222 e. The molecule has 6 heteroatoms. The van der Waals surface area contributed by atoms with Crippen molar-refractivity contribution in [1.29, 1.82) is 0 Å². The van der Waals surface area contributed by atoms with Gasteiger partial charge in [-0.1, -0.05) is 13.8 Å². The van der Waals surface area contributed by atoms with Gasteiger partial charge in [0.1, 0.15) is 5.82 Å². The summed E-state index contributed by atoms with van der Waals surface area (Å²) in [6.07, 6.45) is 3.22. The van der Waals surface area contributed by atoms with E-state index >= 15 is 0 Å². The maximum Gasteiger partial charge on any atom is 0.222 e. The molecule has 0 saturated carbocycles. The monoisotopic (exact) mass is 360 g/mol. The number of aryl methyl sites for hydroxylation is 1. The summed E-state index contributed by atoms with van der Waals surface area (Å²) in [5, 5.41) is 0. The molecule has 3 heterocycles. The summed E-state index contributed by atoms with van der Waals surface area (Å²) in [4.78, 5) is 23.8. The van der Waals surface area contributed by atoms with Crippen molar-refractivity contribution in [3.05, 3.63) is 23.9 Å². The number of amides is 1. The van der Waals surface area contributed by atoms with Crippen LogP contribution in [-0.4, -0.2) is 79.7 Å². The van der Waals surface area contributed by atoms with Crippen molar-refractivity contribution < 1.29 is 9.53 Å². The zero-order chi connectivity index (χ0) is 18.4. The number of ether oxygens (including phenoxy) is 1. The van der Waals surface area contributed by atoms with Crippen LogP contribution in [0.3, 0.4) is 0 Å². The number of carbonyl (C=O) groups excluding carboxylic acids is 1. The van der Waals surface area contributed by atoms with Gasteiger partial charge in [0.05, 0.1) is 13.2 Å². The molecule has 1 aromatic heterocycles. The molecular weight excluding hydrogens is 328 g/mol. The Kier molecular flexibility index (Phi) is 6.86. The molecule has 3 rings (SSSR count). The number of morpholine rings is 1. The number of rotatable bonds is 6. The van der Waals surface area contributed by atoms with Gasteiger partial charge < -0.3 is 14.5 Å². The number of hydrogen-bond acceptors (Lipinski definition) is 5. The average Bonchev–Trinajstić information content (AvgIpc) is 2.67. The first-order valence-corrected chi connectivity index (χ1v) is 9.89. The second kappa shape index (κ2) is 9.33. The van der Waals surface area contributed by atoms with Crippen LogP contribution in [0.25, 0.3) is 0 Å². The quantitative estimate of drug-likeness (QED) is 0.772. The van der Waals surface area contributed by atoms with E-state index in [1.807, 2.05) is 17.2 Å². The summed E-state index contributed by atoms with van der Waals surface area (Å²) < 4.78 is 5.40. The van der Waals surface area contributed by atoms with Crippen LogP contribution in [0.4, 0.5) is 5.82 Å². The minimum Gasteiger partial charge on any atom is -0.378 e. The lowest BCUT2D eigenvalue weighted by molar-refractivity contribution is -0.132. The maximum absolute atomic E-state index is 12.6. The molecule has 6 nitrogen and oxygen atoms in total. The lowest BCUT2D eigenvalue weighted by Gasteiger charge is -2.35. The Morgan fingerprint density at radius 3 is 2.58 bits per heavy atom. The van der Waals surface area contributed by atoms with E-state index in [2.05, 4.69) is 34.7 Å². The minimum absolute atomic E-state index is 0.277. The number of nitrogens with zero attached hydrogens (tertiary/aromatic N) is 4. The number of piperazine rings is 1. The first kappa shape index (κ1) is 19.1. The third-order valence-electron chi connectivity index (χ3n) is 5.12. The Balaban J connectivity index is 1.46. The van der Waals surface area contributed by atoms with Gasteiger partial charge in [0, 0.05) is 58.4 Å². The van der Waals surface area contributed by atoms with E-state index in [0.29, 0.717) is 12.3 Å². The van der Waals surface area contributed by atoms with E-state index < -0.39 is 0 Å². The van der Waals surface area contributed by atoms with E-state index in [9.17, 15) is 4.79 Å². The molecule has 2 saturated heterocycles. The lowest BCUT2D eigenvalue weighted by Crippen LogP contribution is -2.49. The molecule has 0 bridgehead atoms. The number of aromatic nitrogens is 1. The molecule has 26 heavy (non-hydrogen) atoms. The van der Waals surface area contributed by atoms with Crippen LogP contribution < -0.4 is 4.90 Å². The first-order chi connectivity index (χ1) is 12.6. The van der Waals surface area contributed by atoms with E-state index in [0.717, 1.165) is 71.3 Å². The van der Waals surface area contributed by atoms with Gasteiger partial charge in [-0.25, -0.2) is 4.98 Å².